The fraction of sp³-hybridized carbons (Fsp3) is 0.533. The van der Waals surface area contributed by atoms with Crippen molar-refractivity contribution in [3.63, 3.8) is 0 Å². The van der Waals surface area contributed by atoms with E-state index < -0.39 is 5.97 Å². The number of pyridine rings is 1. The molecule has 0 spiro atoms. The van der Waals surface area contributed by atoms with E-state index in [1.807, 2.05) is 17.0 Å². The van der Waals surface area contributed by atoms with Gasteiger partial charge < -0.3 is 10.0 Å². The van der Waals surface area contributed by atoms with E-state index in [-0.39, 0.29) is 12.3 Å². The third-order valence-electron chi connectivity index (χ3n) is 3.74. The van der Waals surface area contributed by atoms with E-state index in [1.165, 1.54) is 0 Å². The minimum atomic E-state index is -0.759. The van der Waals surface area contributed by atoms with Gasteiger partial charge >= 0.3 is 5.97 Å². The maximum atomic E-state index is 12.2. The molecule has 2 heterocycles. The van der Waals surface area contributed by atoms with E-state index in [2.05, 4.69) is 4.98 Å². The maximum absolute atomic E-state index is 12.2. The molecule has 0 radical (unpaired) electrons. The van der Waals surface area contributed by atoms with Crippen LogP contribution in [0.3, 0.4) is 0 Å². The molecule has 0 aromatic carbocycles. The molecule has 0 saturated carbocycles. The van der Waals surface area contributed by atoms with Crippen molar-refractivity contribution in [2.45, 2.75) is 32.1 Å². The van der Waals surface area contributed by atoms with Gasteiger partial charge in [0.2, 0.25) is 5.91 Å². The summed E-state index contributed by atoms with van der Waals surface area (Å²) in [5, 5.41) is 8.73. The molecule has 1 atom stereocenters. The van der Waals surface area contributed by atoms with E-state index in [1.54, 1.807) is 12.4 Å². The van der Waals surface area contributed by atoms with E-state index >= 15 is 0 Å². The molecule has 0 bridgehead atoms. The number of likely N-dealkylation sites (tertiary alicyclic amines) is 1. The molecule has 1 N–H and O–H groups in total. The number of carbonyl (C=O) groups is 2. The van der Waals surface area contributed by atoms with Crippen molar-refractivity contribution in [3.8, 4) is 0 Å². The summed E-state index contributed by atoms with van der Waals surface area (Å²) < 4.78 is 0. The smallest absolute Gasteiger partial charge is 0.303 e. The molecular formula is C15H20N2O3. The Morgan fingerprint density at radius 1 is 1.35 bits per heavy atom. The number of carbonyl (C=O) groups excluding carboxylic acids is 1. The van der Waals surface area contributed by atoms with Gasteiger partial charge in [0.05, 0.1) is 6.42 Å². The molecule has 5 heteroatoms. The minimum absolute atomic E-state index is 0.122. The van der Waals surface area contributed by atoms with Gasteiger partial charge in [0.15, 0.2) is 0 Å². The van der Waals surface area contributed by atoms with E-state index in [0.29, 0.717) is 25.3 Å². The molecule has 1 amide bonds. The van der Waals surface area contributed by atoms with Gasteiger partial charge in [-0.3, -0.25) is 14.6 Å². The van der Waals surface area contributed by atoms with Crippen LogP contribution in [-0.2, 0) is 16.0 Å². The first-order valence-electron chi connectivity index (χ1n) is 7.03. The molecule has 1 aliphatic heterocycles. The number of carboxylic acids is 1. The van der Waals surface area contributed by atoms with Crippen LogP contribution >= 0.6 is 0 Å². The van der Waals surface area contributed by atoms with Crippen molar-refractivity contribution >= 4 is 11.9 Å². The summed E-state index contributed by atoms with van der Waals surface area (Å²) in [5.41, 5.74) is 0.970. The normalized spacial score (nSPS) is 18.8. The van der Waals surface area contributed by atoms with Crippen molar-refractivity contribution in [1.82, 2.24) is 9.88 Å². The number of aromatic nitrogens is 1. The number of nitrogens with zero attached hydrogens (tertiary/aromatic N) is 2. The molecular weight excluding hydrogens is 256 g/mol. The molecule has 1 aromatic heterocycles. The molecule has 1 fully saturated rings. The molecule has 1 unspecified atom stereocenters. The first kappa shape index (κ1) is 14.5. The predicted octanol–water partition coefficient (Wildman–Crippen LogP) is 1.73. The summed E-state index contributed by atoms with van der Waals surface area (Å²) in [7, 11) is 0. The Balaban J connectivity index is 1.85. The molecule has 1 aromatic rings. The van der Waals surface area contributed by atoms with Gasteiger partial charge in [0.25, 0.3) is 0 Å². The lowest BCUT2D eigenvalue weighted by Crippen LogP contribution is -2.40. The van der Waals surface area contributed by atoms with Gasteiger partial charge in [-0.15, -0.1) is 0 Å². The van der Waals surface area contributed by atoms with Crippen LogP contribution in [0.25, 0.3) is 0 Å². The molecule has 108 valence electrons. The van der Waals surface area contributed by atoms with Crippen LogP contribution in [0, 0.1) is 5.92 Å². The average molecular weight is 276 g/mol. The maximum Gasteiger partial charge on any atom is 0.303 e. The third kappa shape index (κ3) is 4.33. The molecule has 2 rings (SSSR count). The van der Waals surface area contributed by atoms with Crippen molar-refractivity contribution in [1.29, 1.82) is 0 Å². The summed E-state index contributed by atoms with van der Waals surface area (Å²) in [6.07, 6.45) is 6.61. The number of rotatable bonds is 5. The predicted molar refractivity (Wildman–Crippen MR) is 74.1 cm³/mol. The summed E-state index contributed by atoms with van der Waals surface area (Å²) in [4.78, 5) is 28.7. The lowest BCUT2D eigenvalue weighted by molar-refractivity contribution is -0.137. The second-order valence-electron chi connectivity index (χ2n) is 5.31. The Labute approximate surface area is 118 Å². The lowest BCUT2D eigenvalue weighted by Gasteiger charge is -2.32. The molecule has 5 nitrogen and oxygen atoms in total. The van der Waals surface area contributed by atoms with Crippen molar-refractivity contribution in [2.75, 3.05) is 13.1 Å². The largest absolute Gasteiger partial charge is 0.481 e. The van der Waals surface area contributed by atoms with Gasteiger partial charge in [0, 0.05) is 31.9 Å². The second kappa shape index (κ2) is 7.03. The Kier molecular flexibility index (Phi) is 5.09. The first-order chi connectivity index (χ1) is 9.65. The highest BCUT2D eigenvalue weighted by molar-refractivity contribution is 5.78. The Hall–Kier alpha value is -1.91. The summed E-state index contributed by atoms with van der Waals surface area (Å²) in [6.45, 7) is 1.48. The van der Waals surface area contributed by atoms with E-state index in [0.717, 1.165) is 24.9 Å². The van der Waals surface area contributed by atoms with Crippen molar-refractivity contribution < 1.29 is 14.7 Å². The monoisotopic (exact) mass is 276 g/mol. The van der Waals surface area contributed by atoms with Crippen LogP contribution in [0.1, 0.15) is 31.2 Å². The summed E-state index contributed by atoms with van der Waals surface area (Å²) >= 11 is 0. The molecule has 1 saturated heterocycles. The average Bonchev–Trinajstić information content (AvgIpc) is 2.46. The Bertz CT molecular complexity index is 461. The van der Waals surface area contributed by atoms with E-state index in [9.17, 15) is 9.59 Å². The zero-order valence-electron chi connectivity index (χ0n) is 11.5. The quantitative estimate of drug-likeness (QED) is 0.889. The number of carboxylic acid groups (broad SMARTS) is 1. The second-order valence-corrected chi connectivity index (χ2v) is 5.31. The summed E-state index contributed by atoms with van der Waals surface area (Å²) in [6, 6.07) is 3.70. The van der Waals surface area contributed by atoms with Crippen LogP contribution in [0.15, 0.2) is 24.5 Å². The zero-order chi connectivity index (χ0) is 14.4. The van der Waals surface area contributed by atoms with Gasteiger partial charge in [0.1, 0.15) is 0 Å². The molecule has 20 heavy (non-hydrogen) atoms. The summed E-state index contributed by atoms with van der Waals surface area (Å²) in [5.74, 6) is -0.317. The molecule has 0 aliphatic carbocycles. The van der Waals surface area contributed by atoms with Gasteiger partial charge in [-0.25, -0.2) is 0 Å². The van der Waals surface area contributed by atoms with Gasteiger partial charge in [-0.05, 0) is 42.9 Å². The Morgan fingerprint density at radius 2 is 2.10 bits per heavy atom. The van der Waals surface area contributed by atoms with Crippen LogP contribution in [-0.4, -0.2) is 40.0 Å². The highest BCUT2D eigenvalue weighted by Gasteiger charge is 2.23. The lowest BCUT2D eigenvalue weighted by atomic mass is 9.93. The molecule has 1 aliphatic rings. The first-order valence-corrected chi connectivity index (χ1v) is 7.03. The SMILES string of the molecule is O=C(O)CCC1CCCN(C(=O)Cc2ccncc2)C1. The standard InChI is InChI=1S/C15H20N2O3/c18-14(10-12-5-7-16-8-6-12)17-9-1-2-13(11-17)3-4-15(19)20/h5-8,13H,1-4,9-11H2,(H,19,20). The number of aliphatic carboxylic acids is 1. The topological polar surface area (TPSA) is 70.5 Å². The van der Waals surface area contributed by atoms with Gasteiger partial charge in [-0.1, -0.05) is 0 Å². The highest BCUT2D eigenvalue weighted by Crippen LogP contribution is 2.21. The highest BCUT2D eigenvalue weighted by atomic mass is 16.4. The number of amides is 1. The minimum Gasteiger partial charge on any atom is -0.481 e. The Morgan fingerprint density at radius 3 is 2.80 bits per heavy atom. The van der Waals surface area contributed by atoms with Crippen molar-refractivity contribution in [2.24, 2.45) is 5.92 Å². The van der Waals surface area contributed by atoms with Crippen LogP contribution in [0.5, 0.6) is 0 Å². The fourth-order valence-electron chi connectivity index (χ4n) is 2.64. The third-order valence-corrected chi connectivity index (χ3v) is 3.74. The van der Waals surface area contributed by atoms with Gasteiger partial charge in [-0.2, -0.15) is 0 Å². The van der Waals surface area contributed by atoms with Crippen LogP contribution < -0.4 is 0 Å². The van der Waals surface area contributed by atoms with Crippen LogP contribution in [0.2, 0.25) is 0 Å². The van der Waals surface area contributed by atoms with Crippen LogP contribution in [0.4, 0.5) is 0 Å². The number of hydrogen-bond donors (Lipinski definition) is 1. The zero-order valence-corrected chi connectivity index (χ0v) is 11.5. The van der Waals surface area contributed by atoms with E-state index in [4.69, 9.17) is 5.11 Å². The number of hydrogen-bond acceptors (Lipinski definition) is 3. The number of piperidine rings is 1. The van der Waals surface area contributed by atoms with Crippen molar-refractivity contribution in [3.05, 3.63) is 30.1 Å². The fourth-order valence-corrected chi connectivity index (χ4v) is 2.64.